The van der Waals surface area contributed by atoms with Crippen LogP contribution in [0.2, 0.25) is 0 Å². The number of nitrogens with two attached hydrogens (primary N) is 1. The fourth-order valence-electron chi connectivity index (χ4n) is 1.76. The number of fused-ring (bicyclic) bond motifs is 1. The smallest absolute Gasteiger partial charge is 0.475 e. The lowest BCUT2D eigenvalue weighted by atomic mass is 10.1. The molecule has 0 spiro atoms. The quantitative estimate of drug-likeness (QED) is 0.444. The highest BCUT2D eigenvalue weighted by Gasteiger charge is 2.38. The van der Waals surface area contributed by atoms with Crippen LogP contribution in [0.1, 0.15) is 12.5 Å². The third-order valence-corrected chi connectivity index (χ3v) is 2.68. The lowest BCUT2D eigenvalue weighted by molar-refractivity contribution is -0.192. The number of hydrogen-bond acceptors (Lipinski definition) is 4. The fourth-order valence-corrected chi connectivity index (χ4v) is 1.76. The number of nitrogens with one attached hydrogen (secondary N) is 1. The van der Waals surface area contributed by atoms with Crippen molar-refractivity contribution >= 4 is 34.6 Å². The Balaban J connectivity index is 0.000000351. The maximum Gasteiger partial charge on any atom is 0.490 e. The van der Waals surface area contributed by atoms with E-state index in [1.165, 1.54) is 6.92 Å². The Morgan fingerprint density at radius 2 is 1.88 bits per heavy atom. The second-order valence-corrected chi connectivity index (χ2v) is 4.55. The normalized spacial score (nSPS) is 11.0. The first-order valence-corrected chi connectivity index (χ1v) is 6.49. The van der Waals surface area contributed by atoms with Gasteiger partial charge in [-0.05, 0) is 23.1 Å². The number of carbonyl (C=O) groups is 2. The molecule has 0 unspecified atom stereocenters. The van der Waals surface area contributed by atoms with Crippen LogP contribution in [0.5, 0.6) is 0 Å². The van der Waals surface area contributed by atoms with E-state index in [-0.39, 0.29) is 5.91 Å². The van der Waals surface area contributed by atoms with Gasteiger partial charge in [-0.25, -0.2) is 4.79 Å². The molecule has 2 rings (SSSR count). The van der Waals surface area contributed by atoms with Crippen LogP contribution in [0.15, 0.2) is 41.5 Å². The van der Waals surface area contributed by atoms with Crippen LogP contribution in [-0.4, -0.2) is 29.4 Å². The Hall–Kier alpha value is -3.10. The van der Waals surface area contributed by atoms with Crippen molar-refractivity contribution in [1.82, 2.24) is 0 Å². The third kappa shape index (κ3) is 5.59. The minimum atomic E-state index is -5.08. The van der Waals surface area contributed by atoms with Crippen LogP contribution in [0.25, 0.3) is 10.8 Å². The highest BCUT2D eigenvalue weighted by atomic mass is 19.4. The van der Waals surface area contributed by atoms with Gasteiger partial charge in [-0.15, -0.1) is 0 Å². The van der Waals surface area contributed by atoms with E-state index in [1.807, 2.05) is 36.4 Å². The summed E-state index contributed by atoms with van der Waals surface area (Å²) < 4.78 is 31.7. The first-order chi connectivity index (χ1) is 11.1. The van der Waals surface area contributed by atoms with E-state index >= 15 is 0 Å². The van der Waals surface area contributed by atoms with Crippen LogP contribution in [0.4, 0.5) is 18.9 Å². The van der Waals surface area contributed by atoms with E-state index in [9.17, 15) is 18.0 Å². The molecule has 0 saturated carbocycles. The van der Waals surface area contributed by atoms with E-state index in [0.717, 1.165) is 22.0 Å². The number of nitrogens with zero attached hydrogens (tertiary/aromatic N) is 1. The van der Waals surface area contributed by atoms with E-state index in [0.29, 0.717) is 0 Å². The SMILES string of the molecule is CC(=O)Nc1cccc2ccc(C=NN)cc12.O=C(O)C(F)(F)F. The second kappa shape index (κ2) is 7.95. The average molecular weight is 341 g/mol. The number of carboxylic acids is 1. The number of aliphatic carboxylic acids is 1. The van der Waals surface area contributed by atoms with E-state index in [1.54, 1.807) is 6.21 Å². The summed E-state index contributed by atoms with van der Waals surface area (Å²) in [5, 5.41) is 15.5. The predicted octanol–water partition coefficient (Wildman–Crippen LogP) is 2.72. The van der Waals surface area contributed by atoms with Gasteiger partial charge in [-0.2, -0.15) is 18.3 Å². The second-order valence-electron chi connectivity index (χ2n) is 4.55. The van der Waals surface area contributed by atoms with Crippen molar-refractivity contribution in [2.45, 2.75) is 13.1 Å². The van der Waals surface area contributed by atoms with Gasteiger partial charge in [0, 0.05) is 18.0 Å². The zero-order valence-electron chi connectivity index (χ0n) is 12.5. The van der Waals surface area contributed by atoms with Gasteiger partial charge in [0.05, 0.1) is 6.21 Å². The molecule has 0 aliphatic carbocycles. The molecule has 2 aromatic carbocycles. The zero-order valence-corrected chi connectivity index (χ0v) is 12.5. The van der Waals surface area contributed by atoms with Crippen molar-refractivity contribution in [3.05, 3.63) is 42.0 Å². The lowest BCUT2D eigenvalue weighted by Crippen LogP contribution is -2.21. The van der Waals surface area contributed by atoms with Crippen LogP contribution in [0.3, 0.4) is 0 Å². The molecule has 0 aliphatic heterocycles. The monoisotopic (exact) mass is 341 g/mol. The number of hydrazone groups is 1. The molecule has 0 radical (unpaired) electrons. The Bertz CT molecular complexity index is 773. The van der Waals surface area contributed by atoms with E-state index in [2.05, 4.69) is 10.4 Å². The number of amides is 1. The molecule has 0 fully saturated rings. The first kappa shape index (κ1) is 18.9. The number of halogens is 3. The van der Waals surface area contributed by atoms with Crippen LogP contribution in [-0.2, 0) is 9.59 Å². The summed E-state index contributed by atoms with van der Waals surface area (Å²) in [4.78, 5) is 20.0. The van der Waals surface area contributed by atoms with Gasteiger partial charge < -0.3 is 16.3 Å². The van der Waals surface area contributed by atoms with Crippen molar-refractivity contribution in [3.8, 4) is 0 Å². The van der Waals surface area contributed by atoms with Gasteiger partial charge in [-0.3, -0.25) is 4.79 Å². The summed E-state index contributed by atoms with van der Waals surface area (Å²) in [5.74, 6) is 2.28. The summed E-state index contributed by atoms with van der Waals surface area (Å²) in [7, 11) is 0. The Labute approximate surface area is 134 Å². The fraction of sp³-hybridized carbons (Fsp3) is 0.133. The number of carboxylic acid groups (broad SMARTS) is 1. The van der Waals surface area contributed by atoms with Gasteiger partial charge in [-0.1, -0.05) is 24.3 Å². The van der Waals surface area contributed by atoms with Gasteiger partial charge >= 0.3 is 12.1 Å². The average Bonchev–Trinajstić information content (AvgIpc) is 2.47. The molecule has 9 heteroatoms. The summed E-state index contributed by atoms with van der Waals surface area (Å²) in [5.41, 5.74) is 1.69. The Morgan fingerprint density at radius 1 is 1.25 bits per heavy atom. The number of alkyl halides is 3. The predicted molar refractivity (Wildman–Crippen MR) is 83.7 cm³/mol. The summed E-state index contributed by atoms with van der Waals surface area (Å²) in [6, 6.07) is 11.6. The number of benzene rings is 2. The highest BCUT2D eigenvalue weighted by Crippen LogP contribution is 2.24. The molecule has 1 amide bonds. The third-order valence-electron chi connectivity index (χ3n) is 2.68. The molecule has 6 nitrogen and oxygen atoms in total. The number of hydrogen-bond donors (Lipinski definition) is 3. The number of rotatable bonds is 2. The molecule has 0 saturated heterocycles. The molecule has 0 aliphatic rings. The standard InChI is InChI=1S/C13H13N3O.C2HF3O2/c1-9(17)16-13-4-2-3-11-6-5-10(8-15-14)7-12(11)13;3-2(4,5)1(6)7/h2-8H,14H2,1H3,(H,16,17);(H,6,7). The lowest BCUT2D eigenvalue weighted by Gasteiger charge is -2.07. The topological polar surface area (TPSA) is 105 Å². The molecule has 2 aromatic rings. The molecule has 0 heterocycles. The molecule has 0 bridgehead atoms. The summed E-state index contributed by atoms with van der Waals surface area (Å²) in [6.45, 7) is 1.49. The molecule has 0 atom stereocenters. The van der Waals surface area contributed by atoms with Crippen molar-refractivity contribution in [2.24, 2.45) is 10.9 Å². The number of carbonyl (C=O) groups excluding carboxylic acids is 1. The van der Waals surface area contributed by atoms with Crippen molar-refractivity contribution in [3.63, 3.8) is 0 Å². The summed E-state index contributed by atoms with van der Waals surface area (Å²) in [6.07, 6.45) is -3.51. The molecular formula is C15H14F3N3O3. The van der Waals surface area contributed by atoms with E-state index in [4.69, 9.17) is 15.7 Å². The van der Waals surface area contributed by atoms with Crippen molar-refractivity contribution in [2.75, 3.05) is 5.32 Å². The van der Waals surface area contributed by atoms with Crippen molar-refractivity contribution < 1.29 is 27.9 Å². The Morgan fingerprint density at radius 3 is 2.38 bits per heavy atom. The molecule has 24 heavy (non-hydrogen) atoms. The molecule has 128 valence electrons. The molecule has 4 N–H and O–H groups in total. The number of anilines is 1. The first-order valence-electron chi connectivity index (χ1n) is 6.49. The highest BCUT2D eigenvalue weighted by molar-refractivity contribution is 6.03. The minimum absolute atomic E-state index is 0.0876. The van der Waals surface area contributed by atoms with Gasteiger partial charge in [0.2, 0.25) is 5.91 Å². The maximum atomic E-state index is 11.1. The van der Waals surface area contributed by atoms with Crippen LogP contribution < -0.4 is 11.2 Å². The van der Waals surface area contributed by atoms with Gasteiger partial charge in [0.25, 0.3) is 0 Å². The van der Waals surface area contributed by atoms with Crippen LogP contribution >= 0.6 is 0 Å². The maximum absolute atomic E-state index is 11.1. The largest absolute Gasteiger partial charge is 0.490 e. The summed E-state index contributed by atoms with van der Waals surface area (Å²) >= 11 is 0. The van der Waals surface area contributed by atoms with E-state index < -0.39 is 12.1 Å². The van der Waals surface area contributed by atoms with Crippen molar-refractivity contribution in [1.29, 1.82) is 0 Å². The molecule has 0 aromatic heterocycles. The Kier molecular flexibility index (Phi) is 6.28. The van der Waals surface area contributed by atoms with Gasteiger partial charge in [0.15, 0.2) is 0 Å². The van der Waals surface area contributed by atoms with Gasteiger partial charge in [0.1, 0.15) is 0 Å². The molecular weight excluding hydrogens is 327 g/mol. The minimum Gasteiger partial charge on any atom is -0.475 e. The zero-order chi connectivity index (χ0) is 18.3. The van der Waals surface area contributed by atoms with Crippen LogP contribution in [0, 0.1) is 0 Å².